The van der Waals surface area contributed by atoms with E-state index < -0.39 is 0 Å². The Morgan fingerprint density at radius 2 is 1.60 bits per heavy atom. The highest BCUT2D eigenvalue weighted by Gasteiger charge is 2.08. The van der Waals surface area contributed by atoms with E-state index in [1.54, 1.807) is 0 Å². The molecule has 0 fully saturated rings. The van der Waals surface area contributed by atoms with Crippen LogP contribution < -0.4 is 0 Å². The van der Waals surface area contributed by atoms with Crippen molar-refractivity contribution in [3.8, 4) is 0 Å². The van der Waals surface area contributed by atoms with Crippen molar-refractivity contribution in [2.45, 2.75) is 53.4 Å². The van der Waals surface area contributed by atoms with E-state index in [-0.39, 0.29) is 0 Å². The molecule has 0 aromatic carbocycles. The molecule has 0 bridgehead atoms. The molecule has 0 aromatic heterocycles. The molecule has 62 valence electrons. The lowest BCUT2D eigenvalue weighted by Gasteiger charge is -2.17. The molecule has 0 N–H and O–H groups in total. The summed E-state index contributed by atoms with van der Waals surface area (Å²) in [6, 6.07) is 0. The van der Waals surface area contributed by atoms with Crippen LogP contribution in [0, 0.1) is 11.8 Å². The zero-order valence-electron chi connectivity index (χ0n) is 7.98. The second kappa shape index (κ2) is 5.76. The van der Waals surface area contributed by atoms with Crippen LogP contribution in [-0.4, -0.2) is 0 Å². The summed E-state index contributed by atoms with van der Waals surface area (Å²) >= 11 is 0. The number of rotatable bonds is 5. The fourth-order valence-electron chi connectivity index (χ4n) is 1.21. The van der Waals surface area contributed by atoms with Crippen LogP contribution in [0.1, 0.15) is 53.4 Å². The summed E-state index contributed by atoms with van der Waals surface area (Å²) in [4.78, 5) is 0. The van der Waals surface area contributed by atoms with E-state index in [0.717, 1.165) is 11.8 Å². The van der Waals surface area contributed by atoms with E-state index >= 15 is 0 Å². The zero-order valence-corrected chi connectivity index (χ0v) is 7.98. The highest BCUT2D eigenvalue weighted by Crippen LogP contribution is 2.19. The van der Waals surface area contributed by atoms with Crippen molar-refractivity contribution in [3.63, 3.8) is 0 Å². The molecule has 0 spiro atoms. The molecule has 0 saturated carbocycles. The minimum absolute atomic E-state index is 0.923. The molecule has 2 atom stereocenters. The molecule has 10 heavy (non-hydrogen) atoms. The number of hydrogen-bond acceptors (Lipinski definition) is 0. The van der Waals surface area contributed by atoms with Gasteiger partial charge in [0.1, 0.15) is 0 Å². The van der Waals surface area contributed by atoms with Crippen molar-refractivity contribution >= 4 is 0 Å². The van der Waals surface area contributed by atoms with E-state index in [2.05, 4.69) is 27.7 Å². The quantitative estimate of drug-likeness (QED) is 0.547. The fourth-order valence-corrected chi connectivity index (χ4v) is 1.21. The molecule has 0 amide bonds. The molecule has 0 aliphatic carbocycles. The topological polar surface area (TPSA) is 0 Å². The highest BCUT2D eigenvalue weighted by molar-refractivity contribution is 4.59. The van der Waals surface area contributed by atoms with Crippen LogP contribution in [-0.2, 0) is 0 Å². The zero-order chi connectivity index (χ0) is 7.98. The monoisotopic (exact) mass is 142 g/mol. The van der Waals surface area contributed by atoms with Gasteiger partial charge >= 0.3 is 0 Å². The third-order valence-electron chi connectivity index (χ3n) is 2.63. The summed E-state index contributed by atoms with van der Waals surface area (Å²) in [7, 11) is 0. The maximum atomic E-state index is 2.38. The normalized spacial score (nSPS) is 16.8. The molecule has 0 unspecified atom stereocenters. The minimum atomic E-state index is 0.923. The lowest BCUT2D eigenvalue weighted by molar-refractivity contribution is 0.346. The first kappa shape index (κ1) is 10.0. The molecule has 0 saturated heterocycles. The maximum Gasteiger partial charge on any atom is -0.0417 e. The Morgan fingerprint density at radius 1 is 1.00 bits per heavy atom. The average Bonchev–Trinajstić information content (AvgIpc) is 1.98. The van der Waals surface area contributed by atoms with Gasteiger partial charge in [0.2, 0.25) is 0 Å². The van der Waals surface area contributed by atoms with Crippen molar-refractivity contribution in [1.29, 1.82) is 0 Å². The van der Waals surface area contributed by atoms with E-state index in [9.17, 15) is 0 Å². The molecule has 0 radical (unpaired) electrons. The predicted octanol–water partition coefficient (Wildman–Crippen LogP) is 3.86. The summed E-state index contributed by atoms with van der Waals surface area (Å²) in [5.74, 6) is 1.86. The standard InChI is InChI=1S/C10H22/c1-5-7-8-10(4)9(3)6-2/h9-10H,5-8H2,1-4H3/t9-,10-/m0/s1. The van der Waals surface area contributed by atoms with E-state index in [1.165, 1.54) is 25.7 Å². The molecule has 0 heterocycles. The van der Waals surface area contributed by atoms with Crippen LogP contribution in [0.5, 0.6) is 0 Å². The van der Waals surface area contributed by atoms with Crippen molar-refractivity contribution < 1.29 is 0 Å². The Kier molecular flexibility index (Phi) is 5.76. The molecule has 0 aliphatic heterocycles. The molecule has 0 rings (SSSR count). The van der Waals surface area contributed by atoms with Gasteiger partial charge < -0.3 is 0 Å². The lowest BCUT2D eigenvalue weighted by atomic mass is 9.89. The summed E-state index contributed by atoms with van der Waals surface area (Å²) in [6.45, 7) is 9.29. The maximum absolute atomic E-state index is 2.38. The van der Waals surface area contributed by atoms with E-state index in [1.807, 2.05) is 0 Å². The Hall–Kier alpha value is 0. The smallest absolute Gasteiger partial charge is 0.0417 e. The lowest BCUT2D eigenvalue weighted by Crippen LogP contribution is -2.06. The Balaban J connectivity index is 3.31. The predicted molar refractivity (Wildman–Crippen MR) is 48.1 cm³/mol. The van der Waals surface area contributed by atoms with E-state index in [0.29, 0.717) is 0 Å². The van der Waals surface area contributed by atoms with Crippen LogP contribution in [0.3, 0.4) is 0 Å². The molecule has 0 nitrogen and oxygen atoms in total. The van der Waals surface area contributed by atoms with Gasteiger partial charge in [-0.2, -0.15) is 0 Å². The van der Waals surface area contributed by atoms with Crippen molar-refractivity contribution in [2.75, 3.05) is 0 Å². The SMILES string of the molecule is CCCC[C@H](C)[C@@H](C)CC. The first-order chi connectivity index (χ1) is 4.72. The molecule has 0 aliphatic rings. The van der Waals surface area contributed by atoms with Crippen molar-refractivity contribution in [3.05, 3.63) is 0 Å². The molecule has 0 aromatic rings. The van der Waals surface area contributed by atoms with Crippen molar-refractivity contribution in [1.82, 2.24) is 0 Å². The third kappa shape index (κ3) is 3.92. The first-order valence-corrected chi connectivity index (χ1v) is 4.72. The van der Waals surface area contributed by atoms with Gasteiger partial charge in [0, 0.05) is 0 Å². The van der Waals surface area contributed by atoms with Gasteiger partial charge in [0.25, 0.3) is 0 Å². The Bertz CT molecular complexity index is 66.4. The highest BCUT2D eigenvalue weighted by atomic mass is 14.1. The first-order valence-electron chi connectivity index (χ1n) is 4.72. The van der Waals surface area contributed by atoms with Crippen LogP contribution in [0.15, 0.2) is 0 Å². The van der Waals surface area contributed by atoms with Gasteiger partial charge in [0.05, 0.1) is 0 Å². The Morgan fingerprint density at radius 3 is 2.00 bits per heavy atom. The van der Waals surface area contributed by atoms with Gasteiger partial charge in [-0.25, -0.2) is 0 Å². The number of hydrogen-bond donors (Lipinski definition) is 0. The number of unbranched alkanes of at least 4 members (excludes halogenated alkanes) is 1. The van der Waals surface area contributed by atoms with Gasteiger partial charge in [-0.05, 0) is 11.8 Å². The largest absolute Gasteiger partial charge is 0.0654 e. The van der Waals surface area contributed by atoms with Gasteiger partial charge in [-0.15, -0.1) is 0 Å². The fraction of sp³-hybridized carbons (Fsp3) is 1.00. The van der Waals surface area contributed by atoms with Crippen LogP contribution >= 0.6 is 0 Å². The van der Waals surface area contributed by atoms with Crippen molar-refractivity contribution in [2.24, 2.45) is 11.8 Å². The molecule has 0 heteroatoms. The Labute approximate surface area is 66.0 Å². The van der Waals surface area contributed by atoms with E-state index in [4.69, 9.17) is 0 Å². The minimum Gasteiger partial charge on any atom is -0.0654 e. The summed E-state index contributed by atoms with van der Waals surface area (Å²) in [5, 5.41) is 0. The summed E-state index contributed by atoms with van der Waals surface area (Å²) in [6.07, 6.45) is 5.52. The summed E-state index contributed by atoms with van der Waals surface area (Å²) in [5.41, 5.74) is 0. The van der Waals surface area contributed by atoms with Gasteiger partial charge in [-0.1, -0.05) is 53.4 Å². The van der Waals surface area contributed by atoms with Crippen LogP contribution in [0.25, 0.3) is 0 Å². The third-order valence-corrected chi connectivity index (χ3v) is 2.63. The second-order valence-corrected chi connectivity index (χ2v) is 3.51. The van der Waals surface area contributed by atoms with Gasteiger partial charge in [0.15, 0.2) is 0 Å². The van der Waals surface area contributed by atoms with Gasteiger partial charge in [-0.3, -0.25) is 0 Å². The average molecular weight is 142 g/mol. The molecular formula is C10H22. The van der Waals surface area contributed by atoms with Crippen LogP contribution in [0.4, 0.5) is 0 Å². The summed E-state index contributed by atoms with van der Waals surface area (Å²) < 4.78 is 0. The van der Waals surface area contributed by atoms with Crippen LogP contribution in [0.2, 0.25) is 0 Å². The second-order valence-electron chi connectivity index (χ2n) is 3.51. The molecular weight excluding hydrogens is 120 g/mol.